The van der Waals surface area contributed by atoms with Gasteiger partial charge in [0.1, 0.15) is 5.75 Å². The quantitative estimate of drug-likeness (QED) is 0.836. The topological polar surface area (TPSA) is 64.3 Å². The third-order valence-corrected chi connectivity index (χ3v) is 2.33. The van der Waals surface area contributed by atoms with Crippen LogP contribution in [0.3, 0.4) is 0 Å². The van der Waals surface area contributed by atoms with Gasteiger partial charge in [0, 0.05) is 16.2 Å². The van der Waals surface area contributed by atoms with Gasteiger partial charge in [-0.1, -0.05) is 28.1 Å². The molecule has 0 saturated heterocycles. The number of methoxy groups -OCH3 is 1. The van der Waals surface area contributed by atoms with Crippen LogP contribution in [0.25, 0.3) is 0 Å². The molecule has 1 amide bonds. The number of anilines is 1. The van der Waals surface area contributed by atoms with Gasteiger partial charge in [-0.15, -0.1) is 0 Å². The third-order valence-electron chi connectivity index (χ3n) is 1.73. The SMILES string of the molecule is COc1cc(Br)cc(NC(=O)CC(N)=S)c1. The molecule has 0 fully saturated rings. The Morgan fingerprint density at radius 1 is 1.56 bits per heavy atom. The Morgan fingerprint density at radius 3 is 2.81 bits per heavy atom. The Bertz CT molecular complexity index is 423. The second kappa shape index (κ2) is 5.81. The fraction of sp³-hybridized carbons (Fsp3) is 0.200. The van der Waals surface area contributed by atoms with Crippen LogP contribution in [0.1, 0.15) is 6.42 Å². The van der Waals surface area contributed by atoms with Gasteiger partial charge in [-0.25, -0.2) is 0 Å². The Hall–Kier alpha value is -1.14. The lowest BCUT2D eigenvalue weighted by atomic mass is 10.3. The third kappa shape index (κ3) is 4.16. The van der Waals surface area contributed by atoms with Crippen molar-refractivity contribution in [3.05, 3.63) is 22.7 Å². The summed E-state index contributed by atoms with van der Waals surface area (Å²) in [5.74, 6) is 0.410. The van der Waals surface area contributed by atoms with Crippen LogP contribution in [0.15, 0.2) is 22.7 Å². The zero-order valence-corrected chi connectivity index (χ0v) is 11.0. The molecule has 0 spiro atoms. The van der Waals surface area contributed by atoms with Gasteiger partial charge in [0.2, 0.25) is 5.91 Å². The molecule has 1 aromatic carbocycles. The Kier molecular flexibility index (Phi) is 4.70. The van der Waals surface area contributed by atoms with Gasteiger partial charge in [0.15, 0.2) is 0 Å². The van der Waals surface area contributed by atoms with E-state index in [2.05, 4.69) is 33.5 Å². The minimum Gasteiger partial charge on any atom is -0.497 e. The molecule has 0 aromatic heterocycles. The number of carbonyl (C=O) groups is 1. The highest BCUT2D eigenvalue weighted by Crippen LogP contribution is 2.24. The van der Waals surface area contributed by atoms with E-state index in [1.54, 1.807) is 25.3 Å². The molecule has 3 N–H and O–H groups in total. The number of nitrogens with two attached hydrogens (primary N) is 1. The number of hydrogen-bond acceptors (Lipinski definition) is 3. The van der Waals surface area contributed by atoms with Crippen molar-refractivity contribution < 1.29 is 9.53 Å². The van der Waals surface area contributed by atoms with Crippen LogP contribution in [-0.2, 0) is 4.79 Å². The van der Waals surface area contributed by atoms with Crippen molar-refractivity contribution in [3.8, 4) is 5.75 Å². The van der Waals surface area contributed by atoms with E-state index < -0.39 is 0 Å². The summed E-state index contributed by atoms with van der Waals surface area (Å²) in [6.45, 7) is 0. The zero-order chi connectivity index (χ0) is 12.1. The van der Waals surface area contributed by atoms with Gasteiger partial charge in [0.05, 0.1) is 18.5 Å². The van der Waals surface area contributed by atoms with Gasteiger partial charge in [-0.3, -0.25) is 4.79 Å². The fourth-order valence-corrected chi connectivity index (χ4v) is 1.72. The first-order valence-electron chi connectivity index (χ1n) is 4.44. The lowest BCUT2D eigenvalue weighted by Crippen LogP contribution is -2.20. The summed E-state index contributed by atoms with van der Waals surface area (Å²) in [5.41, 5.74) is 5.90. The molecule has 1 aromatic rings. The van der Waals surface area contributed by atoms with Crippen LogP contribution in [0.5, 0.6) is 5.75 Å². The van der Waals surface area contributed by atoms with Gasteiger partial charge >= 0.3 is 0 Å². The van der Waals surface area contributed by atoms with Crippen LogP contribution in [0, 0.1) is 0 Å². The number of benzene rings is 1. The number of thiocarbonyl (C=S) groups is 1. The summed E-state index contributed by atoms with van der Waals surface area (Å²) in [5, 5.41) is 2.67. The van der Waals surface area contributed by atoms with E-state index in [1.165, 1.54) is 0 Å². The maximum Gasteiger partial charge on any atom is 0.231 e. The van der Waals surface area contributed by atoms with Crippen molar-refractivity contribution in [2.45, 2.75) is 6.42 Å². The number of rotatable bonds is 4. The van der Waals surface area contributed by atoms with Gasteiger partial charge in [-0.2, -0.15) is 0 Å². The van der Waals surface area contributed by atoms with E-state index in [0.29, 0.717) is 11.4 Å². The fourth-order valence-electron chi connectivity index (χ4n) is 1.12. The number of halogens is 1. The summed E-state index contributed by atoms with van der Waals surface area (Å²) < 4.78 is 5.88. The van der Waals surface area contributed by atoms with E-state index >= 15 is 0 Å². The number of amides is 1. The molecule has 0 unspecified atom stereocenters. The van der Waals surface area contributed by atoms with E-state index in [0.717, 1.165) is 4.47 Å². The largest absolute Gasteiger partial charge is 0.497 e. The Labute approximate surface area is 107 Å². The van der Waals surface area contributed by atoms with Crippen molar-refractivity contribution in [1.29, 1.82) is 0 Å². The van der Waals surface area contributed by atoms with Crippen molar-refractivity contribution in [2.24, 2.45) is 5.73 Å². The standard InChI is InChI=1S/C10H11BrN2O2S/c1-15-8-3-6(11)2-7(4-8)13-10(14)5-9(12)16/h2-4H,5H2,1H3,(H2,12,16)(H,13,14). The molecule has 0 atom stereocenters. The monoisotopic (exact) mass is 302 g/mol. The number of carbonyl (C=O) groups excluding carboxylic acids is 1. The Morgan fingerprint density at radius 2 is 2.25 bits per heavy atom. The highest BCUT2D eigenvalue weighted by molar-refractivity contribution is 9.10. The second-order valence-electron chi connectivity index (χ2n) is 3.07. The molecule has 1 rings (SSSR count). The molecule has 86 valence electrons. The molecule has 6 heteroatoms. The highest BCUT2D eigenvalue weighted by atomic mass is 79.9. The maximum atomic E-state index is 11.4. The van der Waals surface area contributed by atoms with Crippen LogP contribution in [0.4, 0.5) is 5.69 Å². The first kappa shape index (κ1) is 12.9. The minimum absolute atomic E-state index is 0.0319. The molecule has 0 bridgehead atoms. The zero-order valence-electron chi connectivity index (χ0n) is 8.62. The molecular weight excluding hydrogens is 292 g/mol. The van der Waals surface area contributed by atoms with Crippen molar-refractivity contribution in [3.63, 3.8) is 0 Å². The lowest BCUT2D eigenvalue weighted by Gasteiger charge is -2.07. The molecule has 4 nitrogen and oxygen atoms in total. The number of ether oxygens (including phenoxy) is 1. The molecule has 0 aliphatic heterocycles. The molecule has 0 radical (unpaired) electrons. The average Bonchev–Trinajstić information content (AvgIpc) is 2.14. The predicted octanol–water partition coefficient (Wildman–Crippen LogP) is 2.07. The maximum absolute atomic E-state index is 11.4. The van der Waals surface area contributed by atoms with Crippen LogP contribution in [0.2, 0.25) is 0 Å². The molecule has 16 heavy (non-hydrogen) atoms. The van der Waals surface area contributed by atoms with Gasteiger partial charge < -0.3 is 15.8 Å². The van der Waals surface area contributed by atoms with E-state index in [9.17, 15) is 4.79 Å². The minimum atomic E-state index is -0.243. The molecule has 0 aliphatic rings. The van der Waals surface area contributed by atoms with E-state index in [4.69, 9.17) is 10.5 Å². The number of nitrogens with one attached hydrogen (secondary N) is 1. The smallest absolute Gasteiger partial charge is 0.231 e. The van der Waals surface area contributed by atoms with Crippen LogP contribution < -0.4 is 15.8 Å². The normalized spacial score (nSPS) is 9.62. The Balaban J connectivity index is 2.76. The van der Waals surface area contributed by atoms with E-state index in [1.807, 2.05) is 0 Å². The van der Waals surface area contributed by atoms with Crippen LogP contribution in [-0.4, -0.2) is 18.0 Å². The first-order chi connectivity index (χ1) is 7.51. The first-order valence-corrected chi connectivity index (χ1v) is 5.64. The van der Waals surface area contributed by atoms with Crippen molar-refractivity contribution in [2.75, 3.05) is 12.4 Å². The summed E-state index contributed by atoms with van der Waals surface area (Å²) in [6, 6.07) is 5.27. The molecule has 0 saturated carbocycles. The summed E-state index contributed by atoms with van der Waals surface area (Å²) in [6.07, 6.45) is 0.0319. The molecular formula is C10H11BrN2O2S. The molecule has 0 heterocycles. The average molecular weight is 303 g/mol. The highest BCUT2D eigenvalue weighted by Gasteiger charge is 2.05. The number of hydrogen-bond donors (Lipinski definition) is 2. The summed E-state index contributed by atoms with van der Waals surface area (Å²) in [7, 11) is 1.56. The van der Waals surface area contributed by atoms with Gasteiger partial charge in [0.25, 0.3) is 0 Å². The molecule has 0 aliphatic carbocycles. The van der Waals surface area contributed by atoms with Crippen molar-refractivity contribution >= 4 is 44.7 Å². The van der Waals surface area contributed by atoms with Crippen LogP contribution >= 0.6 is 28.1 Å². The van der Waals surface area contributed by atoms with Gasteiger partial charge in [-0.05, 0) is 12.1 Å². The lowest BCUT2D eigenvalue weighted by molar-refractivity contribution is -0.115. The summed E-state index contributed by atoms with van der Waals surface area (Å²) >= 11 is 7.96. The predicted molar refractivity (Wildman–Crippen MR) is 70.7 cm³/mol. The van der Waals surface area contributed by atoms with Crippen molar-refractivity contribution in [1.82, 2.24) is 0 Å². The van der Waals surface area contributed by atoms with E-state index in [-0.39, 0.29) is 17.3 Å². The summed E-state index contributed by atoms with van der Waals surface area (Å²) in [4.78, 5) is 11.6. The second-order valence-corrected chi connectivity index (χ2v) is 4.51.